The van der Waals surface area contributed by atoms with Crippen LogP contribution in [0.3, 0.4) is 0 Å². The van der Waals surface area contributed by atoms with E-state index in [1.807, 2.05) is 6.07 Å². The Morgan fingerprint density at radius 1 is 1.39 bits per heavy atom. The van der Waals surface area contributed by atoms with Gasteiger partial charge in [0.15, 0.2) is 0 Å². The van der Waals surface area contributed by atoms with Crippen molar-refractivity contribution < 1.29 is 9.18 Å². The van der Waals surface area contributed by atoms with Gasteiger partial charge < -0.3 is 10.6 Å². The van der Waals surface area contributed by atoms with Crippen LogP contribution in [0.15, 0.2) is 24.3 Å². The predicted octanol–water partition coefficient (Wildman–Crippen LogP) is 1.63. The average molecular weight is 250 g/mol. The van der Waals surface area contributed by atoms with Gasteiger partial charge in [0.25, 0.3) is 0 Å². The van der Waals surface area contributed by atoms with Gasteiger partial charge in [-0.15, -0.1) is 0 Å². The molecule has 0 aromatic heterocycles. The molecule has 0 unspecified atom stereocenters. The van der Waals surface area contributed by atoms with Gasteiger partial charge in [-0.25, -0.2) is 4.39 Å². The van der Waals surface area contributed by atoms with E-state index in [1.165, 1.54) is 6.07 Å². The Morgan fingerprint density at radius 3 is 2.94 bits per heavy atom. The number of nitrogens with one attached hydrogen (secondary N) is 2. The van der Waals surface area contributed by atoms with Crippen LogP contribution >= 0.6 is 0 Å². The van der Waals surface area contributed by atoms with E-state index in [9.17, 15) is 9.18 Å². The lowest BCUT2D eigenvalue weighted by molar-refractivity contribution is -0.123. The molecule has 0 spiro atoms. The highest BCUT2D eigenvalue weighted by molar-refractivity contribution is 5.81. The van der Waals surface area contributed by atoms with Crippen molar-refractivity contribution in [2.24, 2.45) is 0 Å². The molecule has 1 aliphatic rings. The Morgan fingerprint density at radius 2 is 2.22 bits per heavy atom. The first-order valence-electron chi connectivity index (χ1n) is 6.52. The summed E-state index contributed by atoms with van der Waals surface area (Å²) in [6.07, 6.45) is 3.66. The predicted molar refractivity (Wildman–Crippen MR) is 68.8 cm³/mol. The van der Waals surface area contributed by atoms with E-state index in [0.29, 0.717) is 18.5 Å². The molecule has 1 fully saturated rings. The third kappa shape index (κ3) is 3.53. The molecule has 0 saturated carbocycles. The minimum absolute atomic E-state index is 0.0334. The summed E-state index contributed by atoms with van der Waals surface area (Å²) in [5.74, 6) is -0.173. The van der Waals surface area contributed by atoms with Gasteiger partial charge in [0.05, 0.1) is 6.04 Å². The average Bonchev–Trinajstić information content (AvgIpc) is 2.42. The van der Waals surface area contributed by atoms with Crippen molar-refractivity contribution in [3.8, 4) is 0 Å². The van der Waals surface area contributed by atoms with Crippen molar-refractivity contribution in [1.29, 1.82) is 0 Å². The molecule has 1 atom stereocenters. The second-order valence-electron chi connectivity index (χ2n) is 4.63. The lowest BCUT2D eigenvalue weighted by Gasteiger charge is -2.22. The maximum atomic E-state index is 13.3. The maximum Gasteiger partial charge on any atom is 0.237 e. The second kappa shape index (κ2) is 6.50. The summed E-state index contributed by atoms with van der Waals surface area (Å²) in [6, 6.07) is 6.60. The Labute approximate surface area is 107 Å². The van der Waals surface area contributed by atoms with E-state index < -0.39 is 0 Å². The van der Waals surface area contributed by atoms with Crippen molar-refractivity contribution in [2.75, 3.05) is 13.1 Å². The number of carbonyl (C=O) groups is 1. The number of benzene rings is 1. The van der Waals surface area contributed by atoms with Gasteiger partial charge in [0.2, 0.25) is 5.91 Å². The topological polar surface area (TPSA) is 41.1 Å². The lowest BCUT2D eigenvalue weighted by atomic mass is 10.0. The van der Waals surface area contributed by atoms with Gasteiger partial charge in [-0.05, 0) is 37.4 Å². The van der Waals surface area contributed by atoms with E-state index in [4.69, 9.17) is 0 Å². The molecule has 1 aromatic carbocycles. The van der Waals surface area contributed by atoms with E-state index in [0.717, 1.165) is 25.8 Å². The molecule has 1 aromatic rings. The SMILES string of the molecule is O=C(NCCc1ccccc1F)[C@@H]1CCCCN1. The van der Waals surface area contributed by atoms with Gasteiger partial charge in [-0.3, -0.25) is 4.79 Å². The number of amides is 1. The van der Waals surface area contributed by atoms with Crippen molar-refractivity contribution in [3.63, 3.8) is 0 Å². The minimum atomic E-state index is -0.206. The summed E-state index contributed by atoms with van der Waals surface area (Å²) in [5.41, 5.74) is 0.648. The molecule has 0 aliphatic carbocycles. The summed E-state index contributed by atoms with van der Waals surface area (Å²) in [6.45, 7) is 1.39. The molecular formula is C14H19FN2O. The fourth-order valence-electron chi connectivity index (χ4n) is 2.22. The van der Waals surface area contributed by atoms with Crippen molar-refractivity contribution in [2.45, 2.75) is 31.7 Å². The standard InChI is InChI=1S/C14H19FN2O/c15-12-6-2-1-5-11(12)8-10-17-14(18)13-7-3-4-9-16-13/h1-2,5-6,13,16H,3-4,7-10H2,(H,17,18)/t13-/m0/s1. The lowest BCUT2D eigenvalue weighted by Crippen LogP contribution is -2.47. The number of rotatable bonds is 4. The monoisotopic (exact) mass is 250 g/mol. The van der Waals surface area contributed by atoms with Crippen molar-refractivity contribution in [1.82, 2.24) is 10.6 Å². The summed E-state index contributed by atoms with van der Waals surface area (Å²) < 4.78 is 13.3. The van der Waals surface area contributed by atoms with Crippen LogP contribution < -0.4 is 10.6 Å². The minimum Gasteiger partial charge on any atom is -0.354 e. The fraction of sp³-hybridized carbons (Fsp3) is 0.500. The number of piperidine rings is 1. The molecule has 3 nitrogen and oxygen atoms in total. The smallest absolute Gasteiger partial charge is 0.237 e. The first-order valence-corrected chi connectivity index (χ1v) is 6.52. The third-order valence-electron chi connectivity index (χ3n) is 3.28. The van der Waals surface area contributed by atoms with Gasteiger partial charge in [0.1, 0.15) is 5.82 Å². The maximum absolute atomic E-state index is 13.3. The molecule has 1 saturated heterocycles. The fourth-order valence-corrected chi connectivity index (χ4v) is 2.22. The highest BCUT2D eigenvalue weighted by atomic mass is 19.1. The van der Waals surface area contributed by atoms with E-state index in [1.54, 1.807) is 12.1 Å². The van der Waals surface area contributed by atoms with E-state index >= 15 is 0 Å². The summed E-state index contributed by atoms with van der Waals surface area (Å²) in [4.78, 5) is 11.8. The molecule has 0 radical (unpaired) electrons. The number of halogens is 1. The zero-order chi connectivity index (χ0) is 12.8. The van der Waals surface area contributed by atoms with Crippen LogP contribution in [-0.4, -0.2) is 25.0 Å². The van der Waals surface area contributed by atoms with Crippen LogP contribution in [0.25, 0.3) is 0 Å². The van der Waals surface area contributed by atoms with Gasteiger partial charge in [0, 0.05) is 6.54 Å². The highest BCUT2D eigenvalue weighted by Gasteiger charge is 2.19. The highest BCUT2D eigenvalue weighted by Crippen LogP contribution is 2.08. The van der Waals surface area contributed by atoms with Crippen molar-refractivity contribution >= 4 is 5.91 Å². The second-order valence-corrected chi connectivity index (χ2v) is 4.63. The van der Waals surface area contributed by atoms with E-state index in [-0.39, 0.29) is 17.8 Å². The first-order chi connectivity index (χ1) is 8.77. The summed E-state index contributed by atoms with van der Waals surface area (Å²) in [7, 11) is 0. The van der Waals surface area contributed by atoms with Crippen LogP contribution in [0.1, 0.15) is 24.8 Å². The number of hydrogen-bond donors (Lipinski definition) is 2. The Hall–Kier alpha value is -1.42. The Bertz CT molecular complexity index is 403. The summed E-state index contributed by atoms with van der Waals surface area (Å²) in [5, 5.41) is 6.05. The van der Waals surface area contributed by atoms with Gasteiger partial charge >= 0.3 is 0 Å². The normalized spacial score (nSPS) is 19.5. The molecule has 4 heteroatoms. The first kappa shape index (κ1) is 13.0. The van der Waals surface area contributed by atoms with E-state index in [2.05, 4.69) is 10.6 Å². The molecule has 1 amide bonds. The van der Waals surface area contributed by atoms with Crippen LogP contribution in [0.2, 0.25) is 0 Å². The van der Waals surface area contributed by atoms with Crippen LogP contribution in [0.4, 0.5) is 4.39 Å². The molecule has 1 aliphatic heterocycles. The largest absolute Gasteiger partial charge is 0.354 e. The Balaban J connectivity index is 1.75. The van der Waals surface area contributed by atoms with Crippen LogP contribution in [0.5, 0.6) is 0 Å². The molecule has 98 valence electrons. The number of carbonyl (C=O) groups excluding carboxylic acids is 1. The zero-order valence-electron chi connectivity index (χ0n) is 10.4. The molecule has 2 N–H and O–H groups in total. The molecule has 18 heavy (non-hydrogen) atoms. The third-order valence-corrected chi connectivity index (χ3v) is 3.28. The zero-order valence-corrected chi connectivity index (χ0v) is 10.4. The van der Waals surface area contributed by atoms with Crippen LogP contribution in [-0.2, 0) is 11.2 Å². The van der Waals surface area contributed by atoms with Crippen molar-refractivity contribution in [3.05, 3.63) is 35.6 Å². The molecule has 1 heterocycles. The Kier molecular flexibility index (Phi) is 4.70. The van der Waals surface area contributed by atoms with Gasteiger partial charge in [-0.1, -0.05) is 24.6 Å². The quantitative estimate of drug-likeness (QED) is 0.852. The number of hydrogen-bond acceptors (Lipinski definition) is 2. The van der Waals surface area contributed by atoms with Gasteiger partial charge in [-0.2, -0.15) is 0 Å². The molecule has 0 bridgehead atoms. The summed E-state index contributed by atoms with van der Waals surface area (Å²) >= 11 is 0. The van der Waals surface area contributed by atoms with Crippen LogP contribution in [0, 0.1) is 5.82 Å². The molecular weight excluding hydrogens is 231 g/mol. The molecule has 2 rings (SSSR count).